The molecule has 0 aromatic heterocycles. The molecule has 0 amide bonds. The van der Waals surface area contributed by atoms with E-state index in [9.17, 15) is 0 Å². The van der Waals surface area contributed by atoms with Crippen LogP contribution in [0.3, 0.4) is 0 Å². The van der Waals surface area contributed by atoms with Crippen LogP contribution in [-0.4, -0.2) is 26.3 Å². The van der Waals surface area contributed by atoms with Gasteiger partial charge in [0.1, 0.15) is 0 Å². The number of benzene rings is 1. The van der Waals surface area contributed by atoms with Gasteiger partial charge in [0.2, 0.25) is 0 Å². The predicted molar refractivity (Wildman–Crippen MR) is 71.5 cm³/mol. The molecule has 3 rings (SSSR count). The zero-order chi connectivity index (χ0) is 12.4. The Hall–Kier alpha value is -1.22. The van der Waals surface area contributed by atoms with E-state index in [0.717, 1.165) is 44.2 Å². The average molecular weight is 247 g/mol. The highest BCUT2D eigenvalue weighted by Gasteiger charge is 2.29. The summed E-state index contributed by atoms with van der Waals surface area (Å²) in [4.78, 5) is 0. The summed E-state index contributed by atoms with van der Waals surface area (Å²) in [6, 6.07) is 6.47. The van der Waals surface area contributed by atoms with Crippen molar-refractivity contribution in [2.24, 2.45) is 0 Å². The Morgan fingerprint density at radius 2 is 1.78 bits per heavy atom. The average Bonchev–Trinajstić information content (AvgIpc) is 2.64. The van der Waals surface area contributed by atoms with Crippen LogP contribution in [0.25, 0.3) is 0 Å². The van der Waals surface area contributed by atoms with E-state index in [0.29, 0.717) is 0 Å². The van der Waals surface area contributed by atoms with Gasteiger partial charge in [-0.1, -0.05) is 13.0 Å². The predicted octanol–water partition coefficient (Wildman–Crippen LogP) is 2.49. The molecule has 2 aliphatic heterocycles. The summed E-state index contributed by atoms with van der Waals surface area (Å²) in [5.74, 6) is 1.82. The molecule has 1 N–H and O–H groups in total. The van der Waals surface area contributed by atoms with E-state index in [1.807, 2.05) is 0 Å². The summed E-state index contributed by atoms with van der Waals surface area (Å²) in [6.07, 6.45) is 3.34. The lowest BCUT2D eigenvalue weighted by Gasteiger charge is -2.34. The molecule has 1 saturated heterocycles. The van der Waals surface area contributed by atoms with Gasteiger partial charge in [-0.05, 0) is 49.0 Å². The number of ether oxygens (including phenoxy) is 2. The Morgan fingerprint density at radius 3 is 2.56 bits per heavy atom. The first-order chi connectivity index (χ1) is 8.78. The van der Waals surface area contributed by atoms with Crippen LogP contribution in [0.1, 0.15) is 31.7 Å². The molecule has 0 unspecified atom stereocenters. The molecule has 0 spiro atoms. The molecule has 0 radical (unpaired) electrons. The van der Waals surface area contributed by atoms with E-state index in [4.69, 9.17) is 9.47 Å². The molecule has 2 heterocycles. The lowest BCUT2D eigenvalue weighted by molar-refractivity contribution is 0.296. The van der Waals surface area contributed by atoms with Crippen molar-refractivity contribution in [3.8, 4) is 11.5 Å². The van der Waals surface area contributed by atoms with E-state index >= 15 is 0 Å². The normalized spacial score (nSPS) is 22.3. The van der Waals surface area contributed by atoms with E-state index < -0.39 is 0 Å². The number of hydrogen-bond donors (Lipinski definition) is 1. The fourth-order valence-corrected chi connectivity index (χ4v) is 2.81. The molecule has 1 fully saturated rings. The molecule has 1 aromatic rings. The lowest BCUT2D eigenvalue weighted by atomic mass is 9.75. The highest BCUT2D eigenvalue weighted by molar-refractivity contribution is 5.45. The van der Waals surface area contributed by atoms with Crippen LogP contribution in [0.15, 0.2) is 18.2 Å². The molecular formula is C15H21NO2. The summed E-state index contributed by atoms with van der Waals surface area (Å²) >= 11 is 0. The second-order valence-corrected chi connectivity index (χ2v) is 5.52. The summed E-state index contributed by atoms with van der Waals surface area (Å²) < 4.78 is 11.5. The smallest absolute Gasteiger partial charge is 0.161 e. The lowest BCUT2D eigenvalue weighted by Crippen LogP contribution is -2.37. The van der Waals surface area contributed by atoms with Crippen molar-refractivity contribution < 1.29 is 9.47 Å². The minimum Gasteiger partial charge on any atom is -0.490 e. The topological polar surface area (TPSA) is 30.5 Å². The summed E-state index contributed by atoms with van der Waals surface area (Å²) in [6.45, 7) is 6.07. The van der Waals surface area contributed by atoms with Crippen LogP contribution >= 0.6 is 0 Å². The molecule has 0 atom stereocenters. The van der Waals surface area contributed by atoms with Crippen LogP contribution in [0, 0.1) is 0 Å². The third-order valence-electron chi connectivity index (χ3n) is 4.15. The fourth-order valence-electron chi connectivity index (χ4n) is 2.81. The van der Waals surface area contributed by atoms with Crippen LogP contribution in [-0.2, 0) is 5.41 Å². The van der Waals surface area contributed by atoms with Crippen molar-refractivity contribution in [1.29, 1.82) is 0 Å². The Bertz CT molecular complexity index is 425. The largest absolute Gasteiger partial charge is 0.490 e. The second-order valence-electron chi connectivity index (χ2n) is 5.52. The molecule has 98 valence electrons. The van der Waals surface area contributed by atoms with Gasteiger partial charge in [0.15, 0.2) is 11.5 Å². The molecule has 18 heavy (non-hydrogen) atoms. The quantitative estimate of drug-likeness (QED) is 0.827. The minimum atomic E-state index is 0.274. The van der Waals surface area contributed by atoms with Crippen molar-refractivity contribution in [3.05, 3.63) is 23.8 Å². The molecule has 3 nitrogen and oxygen atoms in total. The van der Waals surface area contributed by atoms with Gasteiger partial charge in [-0.15, -0.1) is 0 Å². The van der Waals surface area contributed by atoms with Crippen molar-refractivity contribution >= 4 is 0 Å². The maximum Gasteiger partial charge on any atom is 0.161 e. The van der Waals surface area contributed by atoms with E-state index in [1.54, 1.807) is 0 Å². The monoisotopic (exact) mass is 247 g/mol. The van der Waals surface area contributed by atoms with Gasteiger partial charge in [-0.2, -0.15) is 0 Å². The Morgan fingerprint density at radius 1 is 1.06 bits per heavy atom. The van der Waals surface area contributed by atoms with Crippen molar-refractivity contribution in [1.82, 2.24) is 5.32 Å². The number of hydrogen-bond acceptors (Lipinski definition) is 3. The number of piperidine rings is 1. The molecule has 0 aliphatic carbocycles. The van der Waals surface area contributed by atoms with E-state index in [1.165, 1.54) is 18.4 Å². The van der Waals surface area contributed by atoms with Gasteiger partial charge < -0.3 is 14.8 Å². The van der Waals surface area contributed by atoms with Crippen molar-refractivity contribution in [2.45, 2.75) is 31.6 Å². The van der Waals surface area contributed by atoms with Crippen molar-refractivity contribution in [2.75, 3.05) is 26.3 Å². The van der Waals surface area contributed by atoms with Gasteiger partial charge in [0, 0.05) is 6.42 Å². The first kappa shape index (κ1) is 11.8. The molecule has 0 saturated carbocycles. The fraction of sp³-hybridized carbons (Fsp3) is 0.600. The second kappa shape index (κ2) is 4.81. The van der Waals surface area contributed by atoms with E-state index in [-0.39, 0.29) is 5.41 Å². The molecular weight excluding hydrogens is 226 g/mol. The molecule has 0 bridgehead atoms. The van der Waals surface area contributed by atoms with Gasteiger partial charge >= 0.3 is 0 Å². The van der Waals surface area contributed by atoms with Crippen LogP contribution in [0.2, 0.25) is 0 Å². The third-order valence-corrected chi connectivity index (χ3v) is 4.15. The Kier molecular flexibility index (Phi) is 3.16. The minimum absolute atomic E-state index is 0.274. The summed E-state index contributed by atoms with van der Waals surface area (Å²) in [5.41, 5.74) is 1.66. The van der Waals surface area contributed by atoms with Crippen LogP contribution in [0.4, 0.5) is 0 Å². The number of rotatable bonds is 1. The maximum atomic E-state index is 5.78. The standard InChI is InChI=1S/C15H21NO2/c1-15(5-7-16-8-6-15)12-3-4-13-14(11-12)18-10-2-9-17-13/h3-4,11,16H,2,5-10H2,1H3. The highest BCUT2D eigenvalue weighted by atomic mass is 16.5. The van der Waals surface area contributed by atoms with Gasteiger partial charge in [0.25, 0.3) is 0 Å². The highest BCUT2D eigenvalue weighted by Crippen LogP contribution is 2.38. The van der Waals surface area contributed by atoms with Crippen LogP contribution in [0.5, 0.6) is 11.5 Å². The molecule has 2 aliphatic rings. The SMILES string of the molecule is CC1(c2ccc3c(c2)OCCCO3)CCNCC1. The molecule has 3 heteroatoms. The summed E-state index contributed by atoms with van der Waals surface area (Å²) in [5, 5.41) is 3.43. The van der Waals surface area contributed by atoms with Crippen molar-refractivity contribution in [3.63, 3.8) is 0 Å². The number of fused-ring (bicyclic) bond motifs is 1. The zero-order valence-corrected chi connectivity index (χ0v) is 11.0. The third kappa shape index (κ3) is 2.19. The first-order valence-electron chi connectivity index (χ1n) is 6.89. The van der Waals surface area contributed by atoms with Crippen LogP contribution < -0.4 is 14.8 Å². The zero-order valence-electron chi connectivity index (χ0n) is 11.0. The molecule has 1 aromatic carbocycles. The van der Waals surface area contributed by atoms with Gasteiger partial charge in [-0.3, -0.25) is 0 Å². The van der Waals surface area contributed by atoms with Gasteiger partial charge in [-0.25, -0.2) is 0 Å². The number of nitrogens with one attached hydrogen (secondary N) is 1. The summed E-state index contributed by atoms with van der Waals surface area (Å²) in [7, 11) is 0. The Labute approximate surface area is 108 Å². The maximum absolute atomic E-state index is 5.78. The van der Waals surface area contributed by atoms with Gasteiger partial charge in [0.05, 0.1) is 13.2 Å². The first-order valence-corrected chi connectivity index (χ1v) is 6.89. The Balaban J connectivity index is 1.91. The van der Waals surface area contributed by atoms with E-state index in [2.05, 4.69) is 30.4 Å².